The summed E-state index contributed by atoms with van der Waals surface area (Å²) in [7, 11) is 0. The molecule has 0 unspecified atom stereocenters. The van der Waals surface area contributed by atoms with Gasteiger partial charge in [0.25, 0.3) is 0 Å². The Morgan fingerprint density at radius 1 is 1.64 bits per heavy atom. The Labute approximate surface area is 68.6 Å². The number of aryl methyl sites for hydroxylation is 1. The van der Waals surface area contributed by atoms with Gasteiger partial charge < -0.3 is 16.9 Å². The predicted molar refractivity (Wildman–Crippen MR) is 48.1 cm³/mol. The lowest BCUT2D eigenvalue weighted by Crippen LogP contribution is -2.11. The van der Waals surface area contributed by atoms with Gasteiger partial charge in [-0.15, -0.1) is 11.3 Å². The third kappa shape index (κ3) is 1.92. The molecule has 62 valence electrons. The first-order valence-corrected chi connectivity index (χ1v) is 3.63. The number of nitrogens with two attached hydrogens (primary N) is 2. The van der Waals surface area contributed by atoms with Crippen LogP contribution in [0.3, 0.4) is 0 Å². The molecule has 0 aromatic carbocycles. The van der Waals surface area contributed by atoms with Gasteiger partial charge in [-0.2, -0.15) is 0 Å². The lowest BCUT2D eigenvalue weighted by molar-refractivity contribution is 0.824. The Bertz CT molecular complexity index is 269. The van der Waals surface area contributed by atoms with E-state index >= 15 is 0 Å². The van der Waals surface area contributed by atoms with Crippen LogP contribution >= 0.6 is 11.3 Å². The number of nitrogen functional groups attached to an aromatic ring is 2. The van der Waals surface area contributed by atoms with E-state index in [1.165, 1.54) is 11.3 Å². The average Bonchev–Trinajstić information content (AvgIpc) is 2.10. The number of thiophene rings is 1. The van der Waals surface area contributed by atoms with Gasteiger partial charge in [-0.05, 0) is 13.0 Å². The summed E-state index contributed by atoms with van der Waals surface area (Å²) in [6, 6.07) is 1.82. The number of anilines is 1. The monoisotopic (exact) mass is 173 g/mol. The topological polar surface area (TPSA) is 107 Å². The summed E-state index contributed by atoms with van der Waals surface area (Å²) in [4.78, 5) is 1.09. The molecule has 1 heterocycles. The van der Waals surface area contributed by atoms with E-state index in [-0.39, 0.29) is 11.3 Å². The van der Waals surface area contributed by atoms with Gasteiger partial charge >= 0.3 is 0 Å². The van der Waals surface area contributed by atoms with Gasteiger partial charge in [0.15, 0.2) is 0 Å². The van der Waals surface area contributed by atoms with E-state index < -0.39 is 0 Å². The van der Waals surface area contributed by atoms with E-state index in [1.54, 1.807) is 0 Å². The van der Waals surface area contributed by atoms with Crippen LogP contribution < -0.4 is 11.5 Å². The van der Waals surface area contributed by atoms with Gasteiger partial charge in [0.1, 0.15) is 5.84 Å². The SMILES string of the molecule is Cc1cc(C(=N)N)c(N)s1.O. The summed E-state index contributed by atoms with van der Waals surface area (Å²) >= 11 is 1.45. The van der Waals surface area contributed by atoms with E-state index in [1.807, 2.05) is 13.0 Å². The van der Waals surface area contributed by atoms with E-state index in [4.69, 9.17) is 16.9 Å². The van der Waals surface area contributed by atoms with Crippen molar-refractivity contribution in [1.29, 1.82) is 5.41 Å². The van der Waals surface area contributed by atoms with Crippen LogP contribution in [-0.2, 0) is 0 Å². The van der Waals surface area contributed by atoms with Crippen LogP contribution in [0, 0.1) is 12.3 Å². The first kappa shape index (κ1) is 9.93. The highest BCUT2D eigenvalue weighted by atomic mass is 32.1. The van der Waals surface area contributed by atoms with Crippen LogP contribution in [0.2, 0.25) is 0 Å². The first-order chi connectivity index (χ1) is 4.61. The Balaban J connectivity index is 0.000001000. The smallest absolute Gasteiger partial charge is 0.125 e. The van der Waals surface area contributed by atoms with Crippen molar-refractivity contribution in [1.82, 2.24) is 0 Å². The number of hydrogen-bond acceptors (Lipinski definition) is 3. The predicted octanol–water partition coefficient (Wildman–Crippen LogP) is 0.0981. The number of nitrogens with one attached hydrogen (secondary N) is 1. The Morgan fingerprint density at radius 3 is 2.36 bits per heavy atom. The van der Waals surface area contributed by atoms with Crippen molar-refractivity contribution in [3.05, 3.63) is 16.5 Å². The minimum atomic E-state index is 0. The summed E-state index contributed by atoms with van der Waals surface area (Å²) in [5.74, 6) is 0.0434. The van der Waals surface area contributed by atoms with Crippen molar-refractivity contribution in [2.75, 3.05) is 5.73 Å². The standard InChI is InChI=1S/C6H9N3S.H2O/c1-3-2-4(5(7)8)6(9)10-3;/h2H,9H2,1H3,(H3,7,8);1H2. The molecule has 4 nitrogen and oxygen atoms in total. The normalized spacial score (nSPS) is 8.82. The lowest BCUT2D eigenvalue weighted by Gasteiger charge is -1.91. The van der Waals surface area contributed by atoms with Crippen LogP contribution in [0.4, 0.5) is 5.00 Å². The zero-order valence-corrected chi connectivity index (χ0v) is 6.96. The highest BCUT2D eigenvalue weighted by molar-refractivity contribution is 7.16. The second-order valence-corrected chi connectivity index (χ2v) is 3.34. The zero-order chi connectivity index (χ0) is 7.72. The second-order valence-electron chi connectivity index (χ2n) is 2.05. The molecule has 0 radical (unpaired) electrons. The molecule has 1 aromatic rings. The highest BCUT2D eigenvalue weighted by Gasteiger charge is 2.04. The Kier molecular flexibility index (Phi) is 3.03. The van der Waals surface area contributed by atoms with Crippen molar-refractivity contribution in [2.24, 2.45) is 5.73 Å². The molecule has 1 rings (SSSR count). The molecule has 0 saturated carbocycles. The van der Waals surface area contributed by atoms with Crippen molar-refractivity contribution in [3.8, 4) is 0 Å². The fourth-order valence-corrected chi connectivity index (χ4v) is 1.55. The van der Waals surface area contributed by atoms with Crippen LogP contribution in [-0.4, -0.2) is 11.3 Å². The maximum Gasteiger partial charge on any atom is 0.125 e. The van der Waals surface area contributed by atoms with Gasteiger partial charge in [-0.3, -0.25) is 5.41 Å². The summed E-state index contributed by atoms with van der Waals surface area (Å²) in [6.45, 7) is 1.94. The van der Waals surface area contributed by atoms with Crippen LogP contribution in [0.5, 0.6) is 0 Å². The maximum absolute atomic E-state index is 7.09. The molecule has 5 heteroatoms. The minimum absolute atomic E-state index is 0. The van der Waals surface area contributed by atoms with Gasteiger partial charge in [-0.1, -0.05) is 0 Å². The minimum Gasteiger partial charge on any atom is -0.412 e. The van der Waals surface area contributed by atoms with Crippen molar-refractivity contribution in [3.63, 3.8) is 0 Å². The molecule has 0 spiro atoms. The third-order valence-corrected chi connectivity index (χ3v) is 2.05. The molecule has 0 atom stereocenters. The fourth-order valence-electron chi connectivity index (χ4n) is 0.743. The Hall–Kier alpha value is -1.07. The molecule has 7 N–H and O–H groups in total. The van der Waals surface area contributed by atoms with Gasteiger partial charge in [0.2, 0.25) is 0 Å². The summed E-state index contributed by atoms with van der Waals surface area (Å²) in [5, 5.41) is 7.72. The lowest BCUT2D eigenvalue weighted by atomic mass is 10.3. The summed E-state index contributed by atoms with van der Waals surface area (Å²) in [5.41, 5.74) is 11.4. The molecule has 0 saturated heterocycles. The van der Waals surface area contributed by atoms with Gasteiger partial charge in [0, 0.05) is 4.88 Å². The molecular formula is C6H11N3OS. The van der Waals surface area contributed by atoms with Crippen LogP contribution in [0.25, 0.3) is 0 Å². The van der Waals surface area contributed by atoms with Gasteiger partial charge in [-0.25, -0.2) is 0 Å². The fraction of sp³-hybridized carbons (Fsp3) is 0.167. The van der Waals surface area contributed by atoms with E-state index in [2.05, 4.69) is 0 Å². The van der Waals surface area contributed by atoms with Crippen molar-refractivity contribution >= 4 is 22.2 Å². The molecular weight excluding hydrogens is 162 g/mol. The molecule has 11 heavy (non-hydrogen) atoms. The summed E-state index contributed by atoms with van der Waals surface area (Å²) < 4.78 is 0. The van der Waals surface area contributed by atoms with Crippen LogP contribution in [0.1, 0.15) is 10.4 Å². The molecule has 0 amide bonds. The molecule has 0 aliphatic heterocycles. The van der Waals surface area contributed by atoms with E-state index in [9.17, 15) is 0 Å². The molecule has 1 aromatic heterocycles. The second kappa shape index (κ2) is 3.36. The first-order valence-electron chi connectivity index (χ1n) is 2.81. The van der Waals surface area contributed by atoms with Gasteiger partial charge in [0.05, 0.1) is 10.6 Å². The van der Waals surface area contributed by atoms with E-state index in [0.717, 1.165) is 4.88 Å². The Morgan fingerprint density at radius 2 is 2.18 bits per heavy atom. The number of rotatable bonds is 1. The van der Waals surface area contributed by atoms with Crippen molar-refractivity contribution in [2.45, 2.75) is 6.92 Å². The largest absolute Gasteiger partial charge is 0.412 e. The average molecular weight is 173 g/mol. The zero-order valence-electron chi connectivity index (χ0n) is 6.14. The quantitative estimate of drug-likeness (QED) is 0.413. The molecule has 0 aliphatic carbocycles. The molecule has 0 bridgehead atoms. The number of hydrogen-bond donors (Lipinski definition) is 3. The highest BCUT2D eigenvalue weighted by Crippen LogP contribution is 2.22. The molecule has 0 aliphatic rings. The summed E-state index contributed by atoms with van der Waals surface area (Å²) in [6.07, 6.45) is 0. The third-order valence-electron chi connectivity index (χ3n) is 1.17. The molecule has 0 fully saturated rings. The maximum atomic E-state index is 7.09. The van der Waals surface area contributed by atoms with Crippen molar-refractivity contribution < 1.29 is 5.48 Å². The number of amidine groups is 1. The van der Waals surface area contributed by atoms with Crippen LogP contribution in [0.15, 0.2) is 6.07 Å². The van der Waals surface area contributed by atoms with E-state index in [0.29, 0.717) is 10.6 Å².